The maximum Gasteiger partial charge on any atom is 0.222 e. The molecule has 2 fully saturated rings. The molecule has 2 atom stereocenters. The Bertz CT molecular complexity index is 570. The van der Waals surface area contributed by atoms with Gasteiger partial charge in [-0.15, -0.1) is 0 Å². The summed E-state index contributed by atoms with van der Waals surface area (Å²) in [5.41, 5.74) is -0.164. The van der Waals surface area contributed by atoms with Crippen LogP contribution in [0.2, 0.25) is 0 Å². The highest BCUT2D eigenvalue weighted by atomic mass is 32.2. The highest BCUT2D eigenvalue weighted by Crippen LogP contribution is 2.23. The maximum atomic E-state index is 11.9. The van der Waals surface area contributed by atoms with Crippen molar-refractivity contribution < 1.29 is 17.9 Å². The van der Waals surface area contributed by atoms with E-state index in [1.807, 2.05) is 0 Å². The van der Waals surface area contributed by atoms with E-state index in [4.69, 9.17) is 4.74 Å². The summed E-state index contributed by atoms with van der Waals surface area (Å²) in [6.45, 7) is 3.96. The molecule has 2 unspecified atom stereocenters. The van der Waals surface area contributed by atoms with Gasteiger partial charge in [0.1, 0.15) is 0 Å². The molecule has 2 rings (SSSR count). The zero-order chi connectivity index (χ0) is 17.6. The van der Waals surface area contributed by atoms with Gasteiger partial charge in [0.25, 0.3) is 0 Å². The van der Waals surface area contributed by atoms with Gasteiger partial charge in [-0.05, 0) is 26.2 Å². The van der Waals surface area contributed by atoms with Crippen LogP contribution in [0.1, 0.15) is 32.6 Å². The van der Waals surface area contributed by atoms with Crippen molar-refractivity contribution in [1.82, 2.24) is 16.0 Å². The number of guanidine groups is 1. The molecule has 24 heavy (non-hydrogen) atoms. The third-order valence-electron chi connectivity index (χ3n) is 4.40. The van der Waals surface area contributed by atoms with Crippen LogP contribution in [0.5, 0.6) is 0 Å². The molecule has 2 aliphatic heterocycles. The average molecular weight is 360 g/mol. The van der Waals surface area contributed by atoms with Crippen LogP contribution in [0.15, 0.2) is 4.99 Å². The Morgan fingerprint density at radius 1 is 1.38 bits per heavy atom. The molecule has 0 aromatic heterocycles. The van der Waals surface area contributed by atoms with Crippen LogP contribution in [0.3, 0.4) is 0 Å². The summed E-state index contributed by atoms with van der Waals surface area (Å²) in [7, 11) is -1.29. The zero-order valence-corrected chi connectivity index (χ0v) is 15.2. The van der Waals surface area contributed by atoms with Gasteiger partial charge in [0, 0.05) is 39.2 Å². The minimum Gasteiger partial charge on any atom is -0.373 e. The van der Waals surface area contributed by atoms with E-state index in [-0.39, 0.29) is 35.5 Å². The SMILES string of the molecule is CN=C(NCCC(=O)NC1CCS(=O)(=O)C1)NCC1(C)CCCO1. The lowest BCUT2D eigenvalue weighted by atomic mass is 10.0. The van der Waals surface area contributed by atoms with Gasteiger partial charge in [0.2, 0.25) is 5.91 Å². The van der Waals surface area contributed by atoms with Crippen LogP contribution in [-0.4, -0.2) is 70.2 Å². The molecular weight excluding hydrogens is 332 g/mol. The fourth-order valence-electron chi connectivity index (χ4n) is 2.97. The highest BCUT2D eigenvalue weighted by Gasteiger charge is 2.30. The van der Waals surface area contributed by atoms with Gasteiger partial charge in [-0.1, -0.05) is 0 Å². The number of hydrogen-bond acceptors (Lipinski definition) is 5. The molecule has 0 aliphatic carbocycles. The maximum absolute atomic E-state index is 11.9. The molecule has 3 N–H and O–H groups in total. The van der Waals surface area contributed by atoms with Crippen molar-refractivity contribution in [3.05, 3.63) is 0 Å². The van der Waals surface area contributed by atoms with Crippen LogP contribution in [0.25, 0.3) is 0 Å². The third-order valence-corrected chi connectivity index (χ3v) is 6.16. The topological polar surface area (TPSA) is 109 Å². The van der Waals surface area contributed by atoms with Gasteiger partial charge >= 0.3 is 0 Å². The van der Waals surface area contributed by atoms with E-state index in [1.165, 1.54) is 0 Å². The molecular formula is C15H28N4O4S. The minimum absolute atomic E-state index is 0.0496. The van der Waals surface area contributed by atoms with Gasteiger partial charge in [0.05, 0.1) is 17.1 Å². The molecule has 1 amide bonds. The summed E-state index contributed by atoms with van der Waals surface area (Å²) in [5.74, 6) is 0.691. The standard InChI is InChI=1S/C15H28N4O4S/c1-15(6-3-8-23-15)11-18-14(16-2)17-7-4-13(20)19-12-5-9-24(21,22)10-12/h12H,3-11H2,1-2H3,(H,19,20)(H2,16,17,18). The van der Waals surface area contributed by atoms with Crippen molar-refractivity contribution in [3.8, 4) is 0 Å². The molecule has 2 saturated heterocycles. The molecule has 9 heteroatoms. The third kappa shape index (κ3) is 5.94. The largest absolute Gasteiger partial charge is 0.373 e. The Labute approximate surface area is 143 Å². The first kappa shape index (κ1) is 19.0. The Morgan fingerprint density at radius 2 is 2.17 bits per heavy atom. The second-order valence-electron chi connectivity index (χ2n) is 6.67. The quantitative estimate of drug-likeness (QED) is 0.432. The van der Waals surface area contributed by atoms with Crippen LogP contribution in [0.4, 0.5) is 0 Å². The first-order chi connectivity index (χ1) is 11.3. The monoisotopic (exact) mass is 360 g/mol. The Morgan fingerprint density at radius 3 is 2.75 bits per heavy atom. The van der Waals surface area contributed by atoms with Crippen molar-refractivity contribution in [2.24, 2.45) is 4.99 Å². The first-order valence-corrected chi connectivity index (χ1v) is 10.2. The predicted octanol–water partition coefficient (Wildman–Crippen LogP) is -0.586. The summed E-state index contributed by atoms with van der Waals surface area (Å²) < 4.78 is 28.5. The molecule has 138 valence electrons. The van der Waals surface area contributed by atoms with Gasteiger partial charge in [-0.3, -0.25) is 9.79 Å². The number of rotatable bonds is 6. The fraction of sp³-hybridized carbons (Fsp3) is 0.867. The molecule has 2 heterocycles. The highest BCUT2D eigenvalue weighted by molar-refractivity contribution is 7.91. The number of hydrogen-bond donors (Lipinski definition) is 3. The fourth-order valence-corrected chi connectivity index (χ4v) is 4.64. The molecule has 0 radical (unpaired) electrons. The summed E-state index contributed by atoms with van der Waals surface area (Å²) in [6.07, 6.45) is 2.86. The van der Waals surface area contributed by atoms with Gasteiger partial charge in [-0.25, -0.2) is 8.42 Å². The van der Waals surface area contributed by atoms with E-state index in [2.05, 4.69) is 27.9 Å². The number of nitrogens with one attached hydrogen (secondary N) is 3. The molecule has 0 aromatic carbocycles. The van der Waals surface area contributed by atoms with Crippen LogP contribution in [-0.2, 0) is 19.4 Å². The summed E-state index contributed by atoms with van der Waals surface area (Å²) in [4.78, 5) is 16.0. The average Bonchev–Trinajstić information content (AvgIpc) is 3.09. The van der Waals surface area contributed by atoms with Crippen molar-refractivity contribution >= 4 is 21.7 Å². The van der Waals surface area contributed by atoms with E-state index in [9.17, 15) is 13.2 Å². The molecule has 0 bridgehead atoms. The lowest BCUT2D eigenvalue weighted by Crippen LogP contribution is -2.46. The summed E-state index contributed by atoms with van der Waals surface area (Å²) >= 11 is 0. The number of nitrogens with zero attached hydrogens (tertiary/aromatic N) is 1. The second kappa shape index (κ2) is 8.15. The number of carbonyl (C=O) groups excluding carboxylic acids is 1. The number of aliphatic imine (C=N–C) groups is 1. The summed E-state index contributed by atoms with van der Waals surface area (Å²) in [5, 5.41) is 9.07. The van der Waals surface area contributed by atoms with E-state index in [1.54, 1.807) is 7.05 Å². The molecule has 0 spiro atoms. The van der Waals surface area contributed by atoms with Crippen LogP contribution in [0, 0.1) is 0 Å². The van der Waals surface area contributed by atoms with E-state index < -0.39 is 9.84 Å². The molecule has 0 aromatic rings. The van der Waals surface area contributed by atoms with Gasteiger partial charge < -0.3 is 20.7 Å². The lowest BCUT2D eigenvalue weighted by molar-refractivity contribution is -0.121. The van der Waals surface area contributed by atoms with Crippen molar-refractivity contribution in [1.29, 1.82) is 0 Å². The predicted molar refractivity (Wildman–Crippen MR) is 92.8 cm³/mol. The minimum atomic E-state index is -2.97. The normalized spacial score (nSPS) is 29.4. The number of carbonyl (C=O) groups is 1. The van der Waals surface area contributed by atoms with Crippen LogP contribution >= 0.6 is 0 Å². The number of amides is 1. The van der Waals surface area contributed by atoms with E-state index in [0.29, 0.717) is 25.5 Å². The van der Waals surface area contributed by atoms with Crippen LogP contribution < -0.4 is 16.0 Å². The molecule has 2 aliphatic rings. The van der Waals surface area contributed by atoms with E-state index >= 15 is 0 Å². The van der Waals surface area contributed by atoms with Gasteiger partial charge in [-0.2, -0.15) is 0 Å². The van der Waals surface area contributed by atoms with E-state index in [0.717, 1.165) is 19.4 Å². The van der Waals surface area contributed by atoms with Crippen molar-refractivity contribution in [2.45, 2.75) is 44.2 Å². The smallest absolute Gasteiger partial charge is 0.222 e. The summed E-state index contributed by atoms with van der Waals surface area (Å²) in [6, 6.07) is -0.251. The number of ether oxygens (including phenoxy) is 1. The molecule has 0 saturated carbocycles. The van der Waals surface area contributed by atoms with Gasteiger partial charge in [0.15, 0.2) is 15.8 Å². The zero-order valence-electron chi connectivity index (χ0n) is 14.4. The Hall–Kier alpha value is -1.35. The first-order valence-electron chi connectivity index (χ1n) is 8.40. The van der Waals surface area contributed by atoms with Crippen molar-refractivity contribution in [3.63, 3.8) is 0 Å². The van der Waals surface area contributed by atoms with Crippen molar-refractivity contribution in [2.75, 3.05) is 38.2 Å². The second-order valence-corrected chi connectivity index (χ2v) is 8.90. The molecule has 8 nitrogen and oxygen atoms in total. The Kier molecular flexibility index (Phi) is 6.45. The number of sulfone groups is 1. The Balaban J connectivity index is 1.63. The lowest BCUT2D eigenvalue weighted by Gasteiger charge is -2.24.